The molecule has 0 saturated carbocycles. The molecular weight excluding hydrogens is 389 g/mol. The maximum absolute atomic E-state index is 14.1. The summed E-state index contributed by atoms with van der Waals surface area (Å²) >= 11 is 0. The van der Waals surface area contributed by atoms with Gasteiger partial charge in [-0.25, -0.2) is 17.6 Å². The Bertz CT molecular complexity index is 949. The van der Waals surface area contributed by atoms with E-state index < -0.39 is 38.6 Å². The number of amides is 1. The molecule has 0 aromatic heterocycles. The van der Waals surface area contributed by atoms with Crippen LogP contribution in [-0.4, -0.2) is 50.7 Å². The average molecular weight is 411 g/mol. The Labute approximate surface area is 163 Å². The predicted molar refractivity (Wildman–Crippen MR) is 101 cm³/mol. The number of rotatable bonds is 6. The second-order valence-corrected chi connectivity index (χ2v) is 9.03. The zero-order valence-corrected chi connectivity index (χ0v) is 16.9. The van der Waals surface area contributed by atoms with Crippen LogP contribution in [0.1, 0.15) is 32.8 Å². The molecular formula is C19H22FNO6S. The summed E-state index contributed by atoms with van der Waals surface area (Å²) in [5.74, 6) is 3.71. The maximum Gasteiger partial charge on any atom is 0.414 e. The molecule has 7 nitrogen and oxygen atoms in total. The minimum absolute atomic E-state index is 0.0206. The van der Waals surface area contributed by atoms with Crippen LogP contribution in [0.3, 0.4) is 0 Å². The zero-order valence-electron chi connectivity index (χ0n) is 16.1. The summed E-state index contributed by atoms with van der Waals surface area (Å²) in [4.78, 5) is 25.7. The van der Waals surface area contributed by atoms with E-state index in [1.165, 1.54) is 24.0 Å². The van der Waals surface area contributed by atoms with Gasteiger partial charge in [0.25, 0.3) is 0 Å². The van der Waals surface area contributed by atoms with Crippen molar-refractivity contribution in [2.45, 2.75) is 38.0 Å². The average Bonchev–Trinajstić information content (AvgIpc) is 2.96. The van der Waals surface area contributed by atoms with E-state index in [2.05, 4.69) is 11.8 Å². The fourth-order valence-corrected chi connectivity index (χ4v) is 3.70. The van der Waals surface area contributed by atoms with Crippen molar-refractivity contribution in [3.8, 4) is 11.8 Å². The van der Waals surface area contributed by atoms with Crippen LogP contribution in [0.4, 0.5) is 14.9 Å². The topological polar surface area (TPSA) is 90.0 Å². The molecule has 0 unspecified atom stereocenters. The summed E-state index contributed by atoms with van der Waals surface area (Å²) in [5, 5.41) is 0. The second-order valence-electron chi connectivity index (χ2n) is 6.58. The van der Waals surface area contributed by atoms with Gasteiger partial charge in [0.1, 0.15) is 11.9 Å². The minimum Gasteiger partial charge on any atom is -0.465 e. The SMILES string of the molecule is CC#Cc1ccc(N2C[C@H](C[C@](C)(C(=O)OCC)S(C)(=O)=O)OC2=O)cc1F. The lowest BCUT2D eigenvalue weighted by atomic mass is 10.0. The molecule has 9 heteroatoms. The standard InChI is InChI=1S/C19H22FNO6S/c1-5-7-13-8-9-14(10-16(13)20)21-12-15(27-18(21)23)11-19(3,28(4,24)25)17(22)26-6-2/h8-10,15H,6,11-12H2,1-4H3/t15-,19+/m0/s1. The van der Waals surface area contributed by atoms with Crippen LogP contribution in [0.15, 0.2) is 18.2 Å². The summed E-state index contributed by atoms with van der Waals surface area (Å²) in [6.07, 6.45) is -0.968. The Morgan fingerprint density at radius 2 is 2.14 bits per heavy atom. The number of halogens is 1. The van der Waals surface area contributed by atoms with Gasteiger partial charge in [-0.15, -0.1) is 5.92 Å². The number of carbonyl (C=O) groups excluding carboxylic acids is 2. The molecule has 2 rings (SSSR count). The number of benzene rings is 1. The summed E-state index contributed by atoms with van der Waals surface area (Å²) in [6, 6.07) is 4.12. The van der Waals surface area contributed by atoms with Crippen molar-refractivity contribution in [1.82, 2.24) is 0 Å². The lowest BCUT2D eigenvalue weighted by molar-refractivity contribution is -0.146. The monoisotopic (exact) mass is 411 g/mol. The van der Waals surface area contributed by atoms with E-state index in [-0.39, 0.29) is 30.8 Å². The summed E-state index contributed by atoms with van der Waals surface area (Å²) < 4.78 is 46.8. The van der Waals surface area contributed by atoms with Gasteiger partial charge >= 0.3 is 12.1 Å². The van der Waals surface area contributed by atoms with Gasteiger partial charge in [-0.1, -0.05) is 5.92 Å². The summed E-state index contributed by atoms with van der Waals surface area (Å²) in [6.45, 7) is 4.39. The third-order valence-electron chi connectivity index (χ3n) is 4.54. The molecule has 1 aromatic rings. The van der Waals surface area contributed by atoms with Gasteiger partial charge in [0, 0.05) is 12.7 Å². The molecule has 1 aliphatic heterocycles. The quantitative estimate of drug-likeness (QED) is 0.527. The van der Waals surface area contributed by atoms with Crippen molar-refractivity contribution >= 4 is 27.6 Å². The first kappa shape index (κ1) is 21.7. The van der Waals surface area contributed by atoms with E-state index in [4.69, 9.17) is 9.47 Å². The van der Waals surface area contributed by atoms with Crippen LogP contribution < -0.4 is 4.90 Å². The van der Waals surface area contributed by atoms with Crippen LogP contribution in [0.5, 0.6) is 0 Å². The number of ether oxygens (including phenoxy) is 2. The fraction of sp³-hybridized carbons (Fsp3) is 0.474. The van der Waals surface area contributed by atoms with Gasteiger partial charge < -0.3 is 9.47 Å². The Morgan fingerprint density at radius 1 is 1.46 bits per heavy atom. The molecule has 0 spiro atoms. The number of hydrogen-bond acceptors (Lipinski definition) is 6. The van der Waals surface area contributed by atoms with E-state index in [9.17, 15) is 22.4 Å². The van der Waals surface area contributed by atoms with Crippen LogP contribution in [0.25, 0.3) is 0 Å². The van der Waals surface area contributed by atoms with Gasteiger partial charge in [0.15, 0.2) is 14.6 Å². The van der Waals surface area contributed by atoms with Crippen LogP contribution in [0.2, 0.25) is 0 Å². The molecule has 0 N–H and O–H groups in total. The number of cyclic esters (lactones) is 1. The van der Waals surface area contributed by atoms with Gasteiger partial charge in [-0.2, -0.15) is 0 Å². The Kier molecular flexibility index (Phi) is 6.34. The Hall–Kier alpha value is -2.60. The molecule has 152 valence electrons. The van der Waals surface area contributed by atoms with E-state index in [0.29, 0.717) is 0 Å². The molecule has 28 heavy (non-hydrogen) atoms. The first-order valence-electron chi connectivity index (χ1n) is 8.60. The fourth-order valence-electron chi connectivity index (χ4n) is 2.85. The first-order chi connectivity index (χ1) is 13.0. The number of anilines is 1. The highest BCUT2D eigenvalue weighted by Gasteiger charge is 2.49. The van der Waals surface area contributed by atoms with Crippen molar-refractivity contribution in [1.29, 1.82) is 0 Å². The third kappa shape index (κ3) is 4.28. The van der Waals surface area contributed by atoms with Crippen LogP contribution in [-0.2, 0) is 24.1 Å². The number of carbonyl (C=O) groups is 2. The van der Waals surface area contributed by atoms with Gasteiger partial charge in [-0.3, -0.25) is 9.69 Å². The molecule has 1 aromatic carbocycles. The van der Waals surface area contributed by atoms with E-state index in [1.54, 1.807) is 13.8 Å². The van der Waals surface area contributed by atoms with Gasteiger partial charge in [0.2, 0.25) is 0 Å². The summed E-state index contributed by atoms with van der Waals surface area (Å²) in [7, 11) is -3.85. The Balaban J connectivity index is 2.25. The zero-order chi connectivity index (χ0) is 21.1. The molecule has 0 aliphatic carbocycles. The van der Waals surface area contributed by atoms with Crippen molar-refractivity contribution in [3.05, 3.63) is 29.6 Å². The van der Waals surface area contributed by atoms with Crippen molar-refractivity contribution in [3.63, 3.8) is 0 Å². The highest BCUT2D eigenvalue weighted by Crippen LogP contribution is 2.31. The predicted octanol–water partition coefficient (Wildman–Crippen LogP) is 2.28. The van der Waals surface area contributed by atoms with Crippen LogP contribution in [0, 0.1) is 17.7 Å². The molecule has 2 atom stereocenters. The highest BCUT2D eigenvalue weighted by molar-refractivity contribution is 7.92. The normalized spacial score (nSPS) is 18.7. The summed E-state index contributed by atoms with van der Waals surface area (Å²) in [5.41, 5.74) is 0.450. The number of esters is 1. The van der Waals surface area contributed by atoms with E-state index >= 15 is 0 Å². The van der Waals surface area contributed by atoms with Crippen molar-refractivity contribution < 1.29 is 31.9 Å². The van der Waals surface area contributed by atoms with Crippen molar-refractivity contribution in [2.24, 2.45) is 0 Å². The molecule has 0 radical (unpaired) electrons. The number of hydrogen-bond donors (Lipinski definition) is 0. The lowest BCUT2D eigenvalue weighted by Crippen LogP contribution is -2.47. The molecule has 1 heterocycles. The second kappa shape index (κ2) is 8.19. The smallest absolute Gasteiger partial charge is 0.414 e. The number of sulfone groups is 1. The minimum atomic E-state index is -3.85. The molecule has 1 fully saturated rings. The van der Waals surface area contributed by atoms with E-state index in [1.807, 2.05) is 0 Å². The lowest BCUT2D eigenvalue weighted by Gasteiger charge is -2.27. The number of nitrogens with zero attached hydrogens (tertiary/aromatic N) is 1. The largest absolute Gasteiger partial charge is 0.465 e. The first-order valence-corrected chi connectivity index (χ1v) is 10.5. The molecule has 1 aliphatic rings. The van der Waals surface area contributed by atoms with Crippen LogP contribution >= 0.6 is 0 Å². The third-order valence-corrected chi connectivity index (χ3v) is 6.51. The molecule has 0 bridgehead atoms. The molecule has 1 amide bonds. The Morgan fingerprint density at radius 3 is 2.68 bits per heavy atom. The van der Waals surface area contributed by atoms with E-state index in [0.717, 1.165) is 12.3 Å². The maximum atomic E-state index is 14.1. The molecule has 1 saturated heterocycles. The highest BCUT2D eigenvalue weighted by atomic mass is 32.2. The van der Waals surface area contributed by atoms with Gasteiger partial charge in [0.05, 0.1) is 24.4 Å². The van der Waals surface area contributed by atoms with Crippen molar-refractivity contribution in [2.75, 3.05) is 24.3 Å². The van der Waals surface area contributed by atoms with Gasteiger partial charge in [-0.05, 0) is 39.0 Å².